The highest BCUT2D eigenvalue weighted by molar-refractivity contribution is 14.1. The fourth-order valence-electron chi connectivity index (χ4n) is 2.07. The van der Waals surface area contributed by atoms with Crippen molar-refractivity contribution in [3.05, 3.63) is 62.2 Å². The van der Waals surface area contributed by atoms with Gasteiger partial charge in [-0.15, -0.1) is 0 Å². The zero-order valence-corrected chi connectivity index (χ0v) is 12.5. The highest BCUT2D eigenvalue weighted by atomic mass is 127. The van der Waals surface area contributed by atoms with E-state index in [1.54, 1.807) is 36.4 Å². The number of benzene rings is 2. The van der Waals surface area contributed by atoms with E-state index in [9.17, 15) is 9.59 Å². The van der Waals surface area contributed by atoms with E-state index in [1.807, 2.05) is 6.07 Å². The normalized spacial score (nSPS) is 13.9. The van der Waals surface area contributed by atoms with Crippen molar-refractivity contribution in [2.24, 2.45) is 0 Å². The summed E-state index contributed by atoms with van der Waals surface area (Å²) in [4.78, 5) is 25.8. The smallest absolute Gasteiger partial charge is 0.266 e. The monoisotopic (exact) mass is 383 g/mol. The van der Waals surface area contributed by atoms with Crippen LogP contribution in [0.5, 0.6) is 0 Å². The maximum Gasteiger partial charge on any atom is 0.266 e. The fraction of sp³-hybridized carbons (Fsp3) is 0. The second-order valence-corrected chi connectivity index (χ2v) is 5.74. The molecular weight excluding hydrogens is 377 g/mol. The first-order valence-electron chi connectivity index (χ1n) is 5.52. The van der Waals surface area contributed by atoms with Crippen molar-refractivity contribution in [1.82, 2.24) is 0 Å². The van der Waals surface area contributed by atoms with Crippen LogP contribution in [0, 0.1) is 3.57 Å². The predicted octanol–water partition coefficient (Wildman–Crippen LogP) is 3.75. The maximum absolute atomic E-state index is 12.3. The van der Waals surface area contributed by atoms with Crippen LogP contribution in [-0.2, 0) is 0 Å². The molecule has 19 heavy (non-hydrogen) atoms. The number of carbonyl (C=O) groups excluding carboxylic acids is 2. The topological polar surface area (TPSA) is 37.4 Å². The van der Waals surface area contributed by atoms with Crippen molar-refractivity contribution in [3.63, 3.8) is 0 Å². The molecule has 0 saturated carbocycles. The Hall–Kier alpha value is -1.40. The van der Waals surface area contributed by atoms with E-state index in [1.165, 1.54) is 0 Å². The Morgan fingerprint density at radius 3 is 2.11 bits per heavy atom. The Bertz CT molecular complexity index is 679. The molecule has 0 radical (unpaired) electrons. The number of carbonyl (C=O) groups is 2. The Kier molecular flexibility index (Phi) is 3.06. The highest BCUT2D eigenvalue weighted by Gasteiger charge is 2.37. The van der Waals surface area contributed by atoms with Gasteiger partial charge in [0, 0.05) is 3.57 Å². The molecule has 0 saturated heterocycles. The summed E-state index contributed by atoms with van der Waals surface area (Å²) in [6.07, 6.45) is 0. The van der Waals surface area contributed by atoms with Gasteiger partial charge in [0.25, 0.3) is 11.8 Å². The van der Waals surface area contributed by atoms with Crippen LogP contribution in [0.4, 0.5) is 5.69 Å². The number of rotatable bonds is 1. The molecule has 0 aliphatic carbocycles. The summed E-state index contributed by atoms with van der Waals surface area (Å²) in [7, 11) is 0. The van der Waals surface area contributed by atoms with Crippen LogP contribution < -0.4 is 4.90 Å². The molecule has 0 aromatic heterocycles. The third kappa shape index (κ3) is 1.95. The van der Waals surface area contributed by atoms with Crippen LogP contribution in [0.1, 0.15) is 20.7 Å². The van der Waals surface area contributed by atoms with Crippen molar-refractivity contribution < 1.29 is 9.59 Å². The molecule has 3 rings (SSSR count). The molecule has 1 heterocycles. The first-order chi connectivity index (χ1) is 9.09. The third-order valence-electron chi connectivity index (χ3n) is 2.94. The molecule has 0 spiro atoms. The summed E-state index contributed by atoms with van der Waals surface area (Å²) in [6, 6.07) is 12.0. The molecule has 0 atom stereocenters. The number of amides is 2. The maximum atomic E-state index is 12.3. The Morgan fingerprint density at radius 1 is 0.947 bits per heavy atom. The highest BCUT2D eigenvalue weighted by Crippen LogP contribution is 2.34. The van der Waals surface area contributed by atoms with Crippen molar-refractivity contribution in [2.75, 3.05) is 4.90 Å². The lowest BCUT2D eigenvalue weighted by Crippen LogP contribution is -2.29. The van der Waals surface area contributed by atoms with E-state index in [-0.39, 0.29) is 11.8 Å². The molecular formula is C14H7ClINO2. The largest absolute Gasteiger partial charge is 0.268 e. The van der Waals surface area contributed by atoms with Crippen LogP contribution >= 0.6 is 34.2 Å². The fourth-order valence-corrected chi connectivity index (χ4v) is 2.74. The lowest BCUT2D eigenvalue weighted by molar-refractivity contribution is 0.0926. The Balaban J connectivity index is 2.17. The number of hydrogen-bond donors (Lipinski definition) is 0. The van der Waals surface area contributed by atoms with Crippen LogP contribution in [0.15, 0.2) is 42.5 Å². The summed E-state index contributed by atoms with van der Waals surface area (Å²) >= 11 is 8.21. The van der Waals surface area contributed by atoms with Crippen LogP contribution in [0.3, 0.4) is 0 Å². The lowest BCUT2D eigenvalue weighted by atomic mass is 10.1. The van der Waals surface area contributed by atoms with Crippen LogP contribution in [-0.4, -0.2) is 11.8 Å². The molecule has 94 valence electrons. The van der Waals surface area contributed by atoms with E-state index in [2.05, 4.69) is 22.6 Å². The van der Waals surface area contributed by atoms with E-state index >= 15 is 0 Å². The summed E-state index contributed by atoms with van der Waals surface area (Å²) < 4.78 is 0.911. The predicted molar refractivity (Wildman–Crippen MR) is 81.8 cm³/mol. The minimum atomic E-state index is -0.329. The summed E-state index contributed by atoms with van der Waals surface area (Å²) in [5.74, 6) is -0.658. The summed E-state index contributed by atoms with van der Waals surface area (Å²) in [5, 5.41) is 0.384. The van der Waals surface area contributed by atoms with E-state index in [0.717, 1.165) is 8.47 Å². The van der Waals surface area contributed by atoms with E-state index in [0.29, 0.717) is 21.8 Å². The summed E-state index contributed by atoms with van der Waals surface area (Å²) in [6.45, 7) is 0. The number of halogens is 2. The molecule has 0 fully saturated rings. The van der Waals surface area contributed by atoms with Crippen LogP contribution in [0.25, 0.3) is 0 Å². The van der Waals surface area contributed by atoms with Crippen molar-refractivity contribution in [2.45, 2.75) is 0 Å². The Morgan fingerprint density at radius 2 is 1.53 bits per heavy atom. The van der Waals surface area contributed by atoms with Crippen molar-refractivity contribution in [1.29, 1.82) is 0 Å². The molecule has 0 unspecified atom stereocenters. The van der Waals surface area contributed by atoms with Crippen LogP contribution in [0.2, 0.25) is 5.02 Å². The number of imide groups is 1. The molecule has 2 amide bonds. The Labute approximate surface area is 128 Å². The van der Waals surface area contributed by atoms with Gasteiger partial charge in [-0.25, -0.2) is 4.90 Å². The average Bonchev–Trinajstić information content (AvgIpc) is 2.66. The van der Waals surface area contributed by atoms with Gasteiger partial charge < -0.3 is 0 Å². The molecule has 0 bridgehead atoms. The zero-order chi connectivity index (χ0) is 13.6. The van der Waals surface area contributed by atoms with Gasteiger partial charge in [0.15, 0.2) is 0 Å². The van der Waals surface area contributed by atoms with Gasteiger partial charge in [-0.3, -0.25) is 9.59 Å². The van der Waals surface area contributed by atoms with E-state index < -0.39 is 0 Å². The number of nitrogens with zero attached hydrogens (tertiary/aromatic N) is 1. The minimum Gasteiger partial charge on any atom is -0.268 e. The first kappa shape index (κ1) is 12.6. The average molecular weight is 384 g/mol. The number of fused-ring (bicyclic) bond motifs is 1. The van der Waals surface area contributed by atoms with Crippen molar-refractivity contribution >= 4 is 51.7 Å². The second-order valence-electron chi connectivity index (χ2n) is 4.09. The van der Waals surface area contributed by atoms with Gasteiger partial charge in [-0.2, -0.15) is 0 Å². The summed E-state index contributed by atoms with van der Waals surface area (Å²) in [5.41, 5.74) is 1.27. The molecule has 5 heteroatoms. The van der Waals surface area contributed by atoms with Gasteiger partial charge in [0.2, 0.25) is 0 Å². The third-order valence-corrected chi connectivity index (χ3v) is 3.93. The molecule has 1 aliphatic heterocycles. The molecule has 2 aromatic carbocycles. The van der Waals surface area contributed by atoms with E-state index in [4.69, 9.17) is 11.6 Å². The van der Waals surface area contributed by atoms with Gasteiger partial charge in [-0.05, 0) is 52.9 Å². The van der Waals surface area contributed by atoms with Crippen molar-refractivity contribution in [3.8, 4) is 0 Å². The lowest BCUT2D eigenvalue weighted by Gasteiger charge is -2.15. The number of hydrogen-bond acceptors (Lipinski definition) is 2. The zero-order valence-electron chi connectivity index (χ0n) is 9.56. The standard InChI is InChI=1S/C14H7ClINO2/c15-11-6-5-8(16)7-12(11)17-13(18)9-3-1-2-4-10(9)14(17)19/h1-7H. The number of anilines is 1. The minimum absolute atomic E-state index is 0.329. The molecule has 2 aromatic rings. The van der Waals surface area contributed by atoms with Gasteiger partial charge in [0.1, 0.15) is 0 Å². The second kappa shape index (κ2) is 4.61. The van der Waals surface area contributed by atoms with Gasteiger partial charge in [-0.1, -0.05) is 23.7 Å². The SMILES string of the molecule is O=C1c2ccccc2C(=O)N1c1cc(I)ccc1Cl. The first-order valence-corrected chi connectivity index (χ1v) is 6.98. The molecule has 1 aliphatic rings. The molecule has 0 N–H and O–H groups in total. The quantitative estimate of drug-likeness (QED) is 0.556. The van der Waals surface area contributed by atoms with Gasteiger partial charge in [0.05, 0.1) is 21.8 Å². The molecule has 3 nitrogen and oxygen atoms in total. The van der Waals surface area contributed by atoms with Gasteiger partial charge >= 0.3 is 0 Å².